The number of nitrogens with zero attached hydrogens (tertiary/aromatic N) is 1. The van der Waals surface area contributed by atoms with Crippen molar-refractivity contribution in [3.63, 3.8) is 0 Å². The van der Waals surface area contributed by atoms with Crippen LogP contribution in [0.2, 0.25) is 0 Å². The van der Waals surface area contributed by atoms with Gasteiger partial charge in [0.25, 0.3) is 0 Å². The van der Waals surface area contributed by atoms with Crippen LogP contribution in [0.5, 0.6) is 0 Å². The summed E-state index contributed by atoms with van der Waals surface area (Å²) in [4.78, 5) is 16.4. The summed E-state index contributed by atoms with van der Waals surface area (Å²) in [5, 5.41) is 3.44. The molecule has 7 heteroatoms. The molecule has 0 atom stereocenters. The molecule has 0 aliphatic heterocycles. The number of rotatable bonds is 6. The fourth-order valence-electron chi connectivity index (χ4n) is 2.77. The minimum absolute atomic E-state index is 0.0563. The number of para-hydroxylation sites is 1. The van der Waals surface area contributed by atoms with Gasteiger partial charge in [-0.2, -0.15) is 0 Å². The van der Waals surface area contributed by atoms with E-state index in [1.165, 1.54) is 6.07 Å². The van der Waals surface area contributed by atoms with E-state index in [2.05, 4.69) is 15.0 Å². The van der Waals surface area contributed by atoms with Gasteiger partial charge in [-0.15, -0.1) is 0 Å². The van der Waals surface area contributed by atoms with E-state index in [0.717, 1.165) is 22.9 Å². The highest BCUT2D eigenvalue weighted by atomic mass is 32.2. The van der Waals surface area contributed by atoms with E-state index < -0.39 is 15.9 Å². The summed E-state index contributed by atoms with van der Waals surface area (Å²) in [6, 6.07) is 14.3. The first-order chi connectivity index (χ1) is 12.9. The molecule has 0 fully saturated rings. The number of amides is 1. The van der Waals surface area contributed by atoms with Gasteiger partial charge in [0.05, 0.1) is 12.1 Å². The fraction of sp³-hybridized carbons (Fsp3) is 0.200. The number of sulfonamides is 1. The minimum Gasteiger partial charge on any atom is -0.325 e. The van der Waals surface area contributed by atoms with Crippen LogP contribution in [0.15, 0.2) is 59.6 Å². The largest absolute Gasteiger partial charge is 0.325 e. The molecular formula is C20H21N3O3S. The molecule has 1 heterocycles. The number of pyridine rings is 1. The predicted octanol–water partition coefficient (Wildman–Crippen LogP) is 3.02. The fourth-order valence-corrected chi connectivity index (χ4v) is 3.93. The lowest BCUT2D eigenvalue weighted by atomic mass is 10.1. The number of nitrogens with one attached hydrogen (secondary N) is 2. The molecule has 3 rings (SSSR count). The first-order valence-electron chi connectivity index (χ1n) is 8.63. The number of hydrogen-bond donors (Lipinski definition) is 2. The summed E-state index contributed by atoms with van der Waals surface area (Å²) in [6.45, 7) is 3.56. The molecule has 27 heavy (non-hydrogen) atoms. The molecule has 2 N–H and O–H groups in total. The number of benzene rings is 2. The van der Waals surface area contributed by atoms with Gasteiger partial charge >= 0.3 is 0 Å². The predicted molar refractivity (Wildman–Crippen MR) is 106 cm³/mol. The Kier molecular flexibility index (Phi) is 5.53. The molecule has 0 aliphatic carbocycles. The second-order valence-electron chi connectivity index (χ2n) is 6.27. The van der Waals surface area contributed by atoms with Crippen molar-refractivity contribution in [2.45, 2.75) is 25.2 Å². The first kappa shape index (κ1) is 19.0. The molecule has 2 aromatic carbocycles. The molecule has 0 unspecified atom stereocenters. The lowest BCUT2D eigenvalue weighted by Crippen LogP contribution is -2.33. The van der Waals surface area contributed by atoms with Crippen LogP contribution in [0, 0.1) is 6.92 Å². The molecule has 140 valence electrons. The van der Waals surface area contributed by atoms with E-state index in [-0.39, 0.29) is 11.4 Å². The van der Waals surface area contributed by atoms with Gasteiger partial charge in [0.1, 0.15) is 4.90 Å². The number of carbonyl (C=O) groups excluding carboxylic acids is 1. The monoisotopic (exact) mass is 383 g/mol. The van der Waals surface area contributed by atoms with Gasteiger partial charge in [-0.3, -0.25) is 9.78 Å². The van der Waals surface area contributed by atoms with Crippen LogP contribution in [0.1, 0.15) is 18.1 Å². The number of aryl methyl sites for hydroxylation is 2. The number of hydrogen-bond acceptors (Lipinski definition) is 4. The second kappa shape index (κ2) is 7.85. The van der Waals surface area contributed by atoms with E-state index in [4.69, 9.17) is 0 Å². The molecule has 0 radical (unpaired) electrons. The Morgan fingerprint density at radius 1 is 1.11 bits per heavy atom. The van der Waals surface area contributed by atoms with E-state index in [0.29, 0.717) is 11.2 Å². The zero-order chi connectivity index (χ0) is 19.4. The topological polar surface area (TPSA) is 88.2 Å². The Hall–Kier alpha value is -2.77. The third-order valence-corrected chi connectivity index (χ3v) is 5.57. The Morgan fingerprint density at radius 2 is 1.89 bits per heavy atom. The van der Waals surface area contributed by atoms with Crippen LogP contribution in [-0.2, 0) is 21.2 Å². The lowest BCUT2D eigenvalue weighted by molar-refractivity contribution is -0.115. The first-order valence-corrected chi connectivity index (χ1v) is 10.1. The van der Waals surface area contributed by atoms with Crippen LogP contribution < -0.4 is 10.0 Å². The normalized spacial score (nSPS) is 11.5. The third kappa shape index (κ3) is 4.50. The van der Waals surface area contributed by atoms with Crippen molar-refractivity contribution < 1.29 is 13.2 Å². The Morgan fingerprint density at radius 3 is 2.67 bits per heavy atom. The van der Waals surface area contributed by atoms with Gasteiger partial charge in [0.15, 0.2) is 0 Å². The van der Waals surface area contributed by atoms with Crippen molar-refractivity contribution >= 4 is 32.5 Å². The third-order valence-electron chi connectivity index (χ3n) is 4.14. The average Bonchev–Trinajstić information content (AvgIpc) is 2.66. The van der Waals surface area contributed by atoms with Gasteiger partial charge < -0.3 is 5.32 Å². The molecule has 0 aliphatic rings. The highest BCUT2D eigenvalue weighted by Crippen LogP contribution is 2.21. The van der Waals surface area contributed by atoms with Crippen molar-refractivity contribution in [2.75, 3.05) is 11.9 Å². The van der Waals surface area contributed by atoms with Crippen LogP contribution in [-0.4, -0.2) is 25.9 Å². The zero-order valence-electron chi connectivity index (χ0n) is 15.2. The number of aromatic nitrogens is 1. The van der Waals surface area contributed by atoms with Crippen molar-refractivity contribution in [1.82, 2.24) is 9.71 Å². The number of anilines is 1. The number of fused-ring (bicyclic) bond motifs is 1. The Bertz CT molecular complexity index is 1090. The maximum Gasteiger partial charge on any atom is 0.243 e. The molecule has 1 amide bonds. The molecule has 1 aromatic heterocycles. The SMILES string of the molecule is CCc1cccc(NC(=O)CNS(=O)(=O)c2cccc3cc(C)cnc23)c1. The molecule has 0 saturated carbocycles. The van der Waals surface area contributed by atoms with E-state index >= 15 is 0 Å². The Labute approximate surface area is 158 Å². The quantitative estimate of drug-likeness (QED) is 0.685. The summed E-state index contributed by atoms with van der Waals surface area (Å²) >= 11 is 0. The van der Waals surface area contributed by atoms with Crippen LogP contribution in [0.4, 0.5) is 5.69 Å². The zero-order valence-corrected chi connectivity index (χ0v) is 16.0. The van der Waals surface area contributed by atoms with Crippen molar-refractivity contribution in [2.24, 2.45) is 0 Å². The van der Waals surface area contributed by atoms with Crippen molar-refractivity contribution in [3.05, 3.63) is 65.9 Å². The smallest absolute Gasteiger partial charge is 0.243 e. The highest BCUT2D eigenvalue weighted by molar-refractivity contribution is 7.89. The second-order valence-corrected chi connectivity index (χ2v) is 8.00. The summed E-state index contributed by atoms with van der Waals surface area (Å²) < 4.78 is 27.7. The van der Waals surface area contributed by atoms with Crippen LogP contribution >= 0.6 is 0 Å². The van der Waals surface area contributed by atoms with Crippen molar-refractivity contribution in [1.29, 1.82) is 0 Å². The molecule has 0 bridgehead atoms. The summed E-state index contributed by atoms with van der Waals surface area (Å²) in [5.74, 6) is -0.434. The molecule has 0 saturated heterocycles. The molecule has 3 aromatic rings. The lowest BCUT2D eigenvalue weighted by Gasteiger charge is -2.10. The maximum absolute atomic E-state index is 12.7. The van der Waals surface area contributed by atoms with Gasteiger partial charge in [-0.05, 0) is 48.7 Å². The van der Waals surface area contributed by atoms with Gasteiger partial charge in [-0.1, -0.05) is 31.2 Å². The van der Waals surface area contributed by atoms with Gasteiger partial charge in [-0.25, -0.2) is 13.1 Å². The summed E-state index contributed by atoms with van der Waals surface area (Å²) in [7, 11) is -3.87. The van der Waals surface area contributed by atoms with Crippen molar-refractivity contribution in [3.8, 4) is 0 Å². The maximum atomic E-state index is 12.7. The summed E-state index contributed by atoms with van der Waals surface area (Å²) in [5.41, 5.74) is 3.05. The summed E-state index contributed by atoms with van der Waals surface area (Å²) in [6.07, 6.45) is 2.47. The molecule has 0 spiro atoms. The van der Waals surface area contributed by atoms with E-state index in [1.54, 1.807) is 18.3 Å². The number of carbonyl (C=O) groups is 1. The van der Waals surface area contributed by atoms with Crippen LogP contribution in [0.3, 0.4) is 0 Å². The standard InChI is InChI=1S/C20H21N3O3S/c1-3-15-6-4-8-17(11-15)23-19(24)13-22-27(25,26)18-9-5-7-16-10-14(2)12-21-20(16)18/h4-12,22H,3,13H2,1-2H3,(H,23,24). The van der Waals surface area contributed by atoms with Crippen LogP contribution in [0.25, 0.3) is 10.9 Å². The average molecular weight is 383 g/mol. The minimum atomic E-state index is -3.87. The van der Waals surface area contributed by atoms with E-state index in [1.807, 2.05) is 44.2 Å². The molecular weight excluding hydrogens is 362 g/mol. The highest BCUT2D eigenvalue weighted by Gasteiger charge is 2.19. The molecule has 6 nitrogen and oxygen atoms in total. The van der Waals surface area contributed by atoms with Gasteiger partial charge in [0, 0.05) is 17.3 Å². The van der Waals surface area contributed by atoms with E-state index in [9.17, 15) is 13.2 Å². The Balaban J connectivity index is 1.74. The van der Waals surface area contributed by atoms with Gasteiger partial charge in [0.2, 0.25) is 15.9 Å².